The molecule has 2 amide bonds. The maximum Gasteiger partial charge on any atom is 0.259 e. The van der Waals surface area contributed by atoms with Crippen LogP contribution in [0.5, 0.6) is 0 Å². The highest BCUT2D eigenvalue weighted by Gasteiger charge is 2.29. The normalized spacial score (nSPS) is 18.0. The predicted molar refractivity (Wildman–Crippen MR) is 132 cm³/mol. The Morgan fingerprint density at radius 3 is 2.63 bits per heavy atom. The highest BCUT2D eigenvalue weighted by molar-refractivity contribution is 6.05. The standard InChI is InChI=1S/C27H33N3O5/c1-15(2)24-13-19(9-10-33-24)25(31)28-14-23-18(5)35-27(30-23)20-7-6-8-21(12-20)29-26(32)22-11-16(3)34-17(22)4/h6-8,11-12,15,19,24H,9-10,13-14H2,1-5H3,(H,28,31)(H,29,32). The fourth-order valence-corrected chi connectivity index (χ4v) is 4.35. The van der Waals surface area contributed by atoms with Gasteiger partial charge in [-0.05, 0) is 63.8 Å². The highest BCUT2D eigenvalue weighted by atomic mass is 16.5. The van der Waals surface area contributed by atoms with Crippen molar-refractivity contribution in [2.45, 2.75) is 60.1 Å². The van der Waals surface area contributed by atoms with Gasteiger partial charge in [0, 0.05) is 23.8 Å². The summed E-state index contributed by atoms with van der Waals surface area (Å²) < 4.78 is 17.1. The third kappa shape index (κ3) is 5.82. The number of benzene rings is 1. The fourth-order valence-electron chi connectivity index (χ4n) is 4.35. The maximum absolute atomic E-state index is 12.7. The van der Waals surface area contributed by atoms with Crippen molar-refractivity contribution in [2.75, 3.05) is 11.9 Å². The maximum atomic E-state index is 12.7. The number of anilines is 1. The largest absolute Gasteiger partial charge is 0.466 e. The minimum Gasteiger partial charge on any atom is -0.466 e. The van der Waals surface area contributed by atoms with Crippen LogP contribution in [-0.4, -0.2) is 29.5 Å². The van der Waals surface area contributed by atoms with E-state index in [9.17, 15) is 9.59 Å². The molecule has 35 heavy (non-hydrogen) atoms. The van der Waals surface area contributed by atoms with Gasteiger partial charge >= 0.3 is 0 Å². The zero-order chi connectivity index (χ0) is 25.1. The van der Waals surface area contributed by atoms with Crippen LogP contribution in [0, 0.1) is 32.6 Å². The minimum absolute atomic E-state index is 0.0254. The van der Waals surface area contributed by atoms with Crippen LogP contribution in [0.2, 0.25) is 0 Å². The van der Waals surface area contributed by atoms with Crippen LogP contribution in [-0.2, 0) is 16.1 Å². The molecule has 3 aromatic rings. The molecule has 2 unspecified atom stereocenters. The van der Waals surface area contributed by atoms with Crippen molar-refractivity contribution in [1.82, 2.24) is 10.3 Å². The van der Waals surface area contributed by atoms with E-state index < -0.39 is 0 Å². The van der Waals surface area contributed by atoms with Gasteiger partial charge in [-0.3, -0.25) is 9.59 Å². The Morgan fingerprint density at radius 1 is 1.11 bits per heavy atom. The summed E-state index contributed by atoms with van der Waals surface area (Å²) in [6, 6.07) is 9.02. The number of amides is 2. The average Bonchev–Trinajstić information content (AvgIpc) is 3.38. The Balaban J connectivity index is 1.40. The number of furan rings is 1. The van der Waals surface area contributed by atoms with E-state index in [4.69, 9.17) is 13.6 Å². The Morgan fingerprint density at radius 2 is 1.91 bits per heavy atom. The van der Waals surface area contributed by atoms with Gasteiger partial charge in [0.05, 0.1) is 18.2 Å². The first-order valence-electron chi connectivity index (χ1n) is 12.1. The van der Waals surface area contributed by atoms with Crippen LogP contribution >= 0.6 is 0 Å². The van der Waals surface area contributed by atoms with Gasteiger partial charge in [-0.1, -0.05) is 19.9 Å². The molecular formula is C27H33N3O5. The third-order valence-corrected chi connectivity index (χ3v) is 6.41. The minimum atomic E-state index is -0.240. The summed E-state index contributed by atoms with van der Waals surface area (Å²) in [6.07, 6.45) is 1.59. The van der Waals surface area contributed by atoms with Crippen molar-refractivity contribution >= 4 is 17.5 Å². The van der Waals surface area contributed by atoms with E-state index in [1.165, 1.54) is 0 Å². The molecule has 2 atom stereocenters. The van der Waals surface area contributed by atoms with Crippen LogP contribution in [0.15, 0.2) is 39.2 Å². The van der Waals surface area contributed by atoms with Crippen molar-refractivity contribution in [3.63, 3.8) is 0 Å². The number of carbonyl (C=O) groups is 2. The SMILES string of the molecule is Cc1cc(C(=O)Nc2cccc(-c3nc(CNC(=O)C4CCOC(C(C)C)C4)c(C)o3)c2)c(C)o1. The van der Waals surface area contributed by atoms with Crippen LogP contribution in [0.25, 0.3) is 11.5 Å². The van der Waals surface area contributed by atoms with Crippen LogP contribution in [0.3, 0.4) is 0 Å². The summed E-state index contributed by atoms with van der Waals surface area (Å²) in [6.45, 7) is 10.5. The number of oxazole rings is 1. The molecular weight excluding hydrogens is 446 g/mol. The number of hydrogen-bond donors (Lipinski definition) is 2. The summed E-state index contributed by atoms with van der Waals surface area (Å²) >= 11 is 0. The molecule has 3 heterocycles. The van der Waals surface area contributed by atoms with E-state index in [-0.39, 0.29) is 23.8 Å². The quantitative estimate of drug-likeness (QED) is 0.484. The average molecular weight is 480 g/mol. The summed E-state index contributed by atoms with van der Waals surface area (Å²) in [5.41, 5.74) is 2.53. The van der Waals surface area contributed by atoms with Crippen molar-refractivity contribution in [3.05, 3.63) is 58.9 Å². The van der Waals surface area contributed by atoms with Gasteiger partial charge in [0.25, 0.3) is 5.91 Å². The van der Waals surface area contributed by atoms with E-state index in [0.717, 1.165) is 18.4 Å². The van der Waals surface area contributed by atoms with Gasteiger partial charge in [-0.25, -0.2) is 4.98 Å². The Kier molecular flexibility index (Phi) is 7.40. The van der Waals surface area contributed by atoms with Crippen molar-refractivity contribution < 1.29 is 23.2 Å². The number of nitrogens with zero attached hydrogens (tertiary/aromatic N) is 1. The molecule has 8 nitrogen and oxygen atoms in total. The molecule has 0 spiro atoms. The smallest absolute Gasteiger partial charge is 0.259 e. The second-order valence-electron chi connectivity index (χ2n) is 9.48. The second kappa shape index (κ2) is 10.5. The van der Waals surface area contributed by atoms with E-state index in [0.29, 0.717) is 59.2 Å². The van der Waals surface area contributed by atoms with Crippen molar-refractivity contribution in [3.8, 4) is 11.5 Å². The molecule has 2 N–H and O–H groups in total. The zero-order valence-corrected chi connectivity index (χ0v) is 20.9. The van der Waals surface area contributed by atoms with Gasteiger partial charge in [0.2, 0.25) is 11.8 Å². The number of nitrogens with one attached hydrogen (secondary N) is 2. The molecule has 8 heteroatoms. The lowest BCUT2D eigenvalue weighted by Crippen LogP contribution is -2.38. The molecule has 2 aromatic heterocycles. The van der Waals surface area contributed by atoms with Gasteiger partial charge in [-0.15, -0.1) is 0 Å². The second-order valence-corrected chi connectivity index (χ2v) is 9.48. The molecule has 0 aliphatic carbocycles. The van der Waals surface area contributed by atoms with Gasteiger partial charge < -0.3 is 24.2 Å². The number of carbonyl (C=O) groups excluding carboxylic acids is 2. The molecule has 0 bridgehead atoms. The summed E-state index contributed by atoms with van der Waals surface area (Å²) in [5.74, 6) is 2.47. The Labute approximate surface area is 205 Å². The molecule has 186 valence electrons. The number of aromatic nitrogens is 1. The number of ether oxygens (including phenoxy) is 1. The zero-order valence-electron chi connectivity index (χ0n) is 20.9. The number of rotatable bonds is 7. The van der Waals surface area contributed by atoms with Gasteiger partial charge in [0.1, 0.15) is 23.0 Å². The summed E-state index contributed by atoms with van der Waals surface area (Å²) in [4.78, 5) is 30.0. The van der Waals surface area contributed by atoms with Gasteiger partial charge in [0.15, 0.2) is 0 Å². The molecule has 1 saturated heterocycles. The van der Waals surface area contributed by atoms with Crippen LogP contribution in [0.1, 0.15) is 60.0 Å². The third-order valence-electron chi connectivity index (χ3n) is 6.41. The lowest BCUT2D eigenvalue weighted by molar-refractivity contribution is -0.131. The molecule has 1 aliphatic heterocycles. The molecule has 0 saturated carbocycles. The molecule has 0 radical (unpaired) electrons. The first-order chi connectivity index (χ1) is 16.7. The van der Waals surface area contributed by atoms with Crippen molar-refractivity contribution in [2.24, 2.45) is 11.8 Å². The Bertz CT molecular complexity index is 1210. The first kappa shape index (κ1) is 24.7. The highest BCUT2D eigenvalue weighted by Crippen LogP contribution is 2.27. The molecule has 1 aromatic carbocycles. The molecule has 1 fully saturated rings. The first-order valence-corrected chi connectivity index (χ1v) is 12.1. The van der Waals surface area contributed by atoms with Crippen molar-refractivity contribution in [1.29, 1.82) is 0 Å². The fraction of sp³-hybridized carbons (Fsp3) is 0.444. The van der Waals surface area contributed by atoms with E-state index >= 15 is 0 Å². The van der Waals surface area contributed by atoms with E-state index in [1.54, 1.807) is 26.0 Å². The van der Waals surface area contributed by atoms with Gasteiger partial charge in [-0.2, -0.15) is 0 Å². The molecule has 1 aliphatic rings. The summed E-state index contributed by atoms with van der Waals surface area (Å²) in [7, 11) is 0. The topological polar surface area (TPSA) is 107 Å². The summed E-state index contributed by atoms with van der Waals surface area (Å²) in [5, 5.41) is 5.91. The van der Waals surface area contributed by atoms with E-state index in [2.05, 4.69) is 29.5 Å². The predicted octanol–water partition coefficient (Wildman–Crippen LogP) is 5.18. The lowest BCUT2D eigenvalue weighted by Gasteiger charge is -2.31. The lowest BCUT2D eigenvalue weighted by atomic mass is 9.89. The monoisotopic (exact) mass is 479 g/mol. The number of aryl methyl sites for hydroxylation is 3. The van der Waals surface area contributed by atoms with E-state index in [1.807, 2.05) is 25.1 Å². The number of hydrogen-bond acceptors (Lipinski definition) is 6. The Hall–Kier alpha value is -3.39. The van der Waals surface area contributed by atoms with Crippen LogP contribution < -0.4 is 10.6 Å². The van der Waals surface area contributed by atoms with Crippen LogP contribution in [0.4, 0.5) is 5.69 Å². The molecule has 4 rings (SSSR count).